The minimum Gasteiger partial charge on any atom is -0.385 e. The van der Waals surface area contributed by atoms with Crippen molar-refractivity contribution in [2.75, 3.05) is 19.7 Å². The number of imidazole rings is 1. The molecule has 19 heavy (non-hydrogen) atoms. The predicted octanol–water partition coefficient (Wildman–Crippen LogP) is 0.471. The van der Waals surface area contributed by atoms with Crippen LogP contribution in [-0.4, -0.2) is 45.9 Å². The van der Waals surface area contributed by atoms with Gasteiger partial charge in [-0.05, 0) is 12.1 Å². The van der Waals surface area contributed by atoms with Crippen molar-refractivity contribution in [1.29, 1.82) is 5.41 Å². The molecule has 2 aromatic rings. The van der Waals surface area contributed by atoms with Crippen molar-refractivity contribution in [3.05, 3.63) is 36.3 Å². The molecule has 2 aromatic heterocycles. The maximum Gasteiger partial charge on any atom is 0.137 e. The highest BCUT2D eigenvalue weighted by Gasteiger charge is 2.23. The van der Waals surface area contributed by atoms with Gasteiger partial charge in [0.2, 0.25) is 0 Å². The van der Waals surface area contributed by atoms with Crippen molar-refractivity contribution in [2.24, 2.45) is 5.73 Å². The molecule has 0 aliphatic carbocycles. The topological polar surface area (TPSA) is 79.6 Å². The third kappa shape index (κ3) is 2.59. The zero-order valence-corrected chi connectivity index (χ0v) is 10.6. The molecule has 1 fully saturated rings. The number of nitrogens with zero attached hydrogens (tertiary/aromatic N) is 3. The highest BCUT2D eigenvalue weighted by Crippen LogP contribution is 2.11. The molecule has 1 unspecified atom stereocenters. The summed E-state index contributed by atoms with van der Waals surface area (Å²) in [5, 5.41) is 7.45. The Kier molecular flexibility index (Phi) is 3.18. The van der Waals surface area contributed by atoms with E-state index in [2.05, 4.69) is 9.88 Å². The van der Waals surface area contributed by atoms with E-state index in [9.17, 15) is 0 Å². The van der Waals surface area contributed by atoms with Crippen LogP contribution in [0.1, 0.15) is 5.69 Å². The number of nitrogens with two attached hydrogens (primary N) is 1. The second kappa shape index (κ2) is 4.99. The number of fused-ring (bicyclic) bond motifs is 1. The van der Waals surface area contributed by atoms with Crippen molar-refractivity contribution in [1.82, 2.24) is 14.3 Å². The van der Waals surface area contributed by atoms with E-state index in [1.54, 1.807) is 0 Å². The van der Waals surface area contributed by atoms with Gasteiger partial charge in [0.1, 0.15) is 17.6 Å². The molecule has 6 nitrogen and oxygen atoms in total. The summed E-state index contributed by atoms with van der Waals surface area (Å²) in [5.74, 6) is 0.0969. The number of pyridine rings is 1. The molecule has 0 saturated carbocycles. The summed E-state index contributed by atoms with van der Waals surface area (Å²) in [4.78, 5) is 6.79. The molecule has 3 heterocycles. The number of amidine groups is 1. The van der Waals surface area contributed by atoms with E-state index < -0.39 is 0 Å². The molecule has 100 valence electrons. The number of rotatable bonds is 3. The molecular formula is C13H17N5O. The molecule has 0 spiro atoms. The first-order valence-corrected chi connectivity index (χ1v) is 6.33. The van der Waals surface area contributed by atoms with Crippen LogP contribution in [0, 0.1) is 5.41 Å². The van der Waals surface area contributed by atoms with Crippen LogP contribution in [-0.2, 0) is 11.3 Å². The molecule has 1 atom stereocenters. The van der Waals surface area contributed by atoms with Gasteiger partial charge in [-0.25, -0.2) is 4.98 Å². The quantitative estimate of drug-likeness (QED) is 0.620. The van der Waals surface area contributed by atoms with Gasteiger partial charge in [0.15, 0.2) is 0 Å². The van der Waals surface area contributed by atoms with E-state index in [1.807, 2.05) is 35.0 Å². The van der Waals surface area contributed by atoms with Gasteiger partial charge in [-0.3, -0.25) is 10.3 Å². The highest BCUT2D eigenvalue weighted by molar-refractivity contribution is 5.82. The number of hydrogen-bond acceptors (Lipinski definition) is 4. The van der Waals surface area contributed by atoms with Crippen LogP contribution in [0.15, 0.2) is 30.6 Å². The Morgan fingerprint density at radius 2 is 2.42 bits per heavy atom. The van der Waals surface area contributed by atoms with Crippen LogP contribution >= 0.6 is 0 Å². The number of hydrogen-bond donors (Lipinski definition) is 2. The van der Waals surface area contributed by atoms with Crippen LogP contribution < -0.4 is 5.73 Å². The Morgan fingerprint density at radius 3 is 3.21 bits per heavy atom. The molecule has 3 N–H and O–H groups in total. The first-order valence-electron chi connectivity index (χ1n) is 6.33. The molecule has 1 aliphatic rings. The zero-order valence-electron chi connectivity index (χ0n) is 10.6. The SMILES string of the molecule is N=C(N)C1CN(Cc2cn3ccccc3n2)CCO1. The first-order chi connectivity index (χ1) is 9.22. The zero-order chi connectivity index (χ0) is 13.2. The second-order valence-electron chi connectivity index (χ2n) is 4.75. The van der Waals surface area contributed by atoms with Crippen LogP contribution in [0.25, 0.3) is 5.65 Å². The van der Waals surface area contributed by atoms with E-state index in [0.29, 0.717) is 13.2 Å². The number of ether oxygens (including phenoxy) is 1. The Labute approximate surface area is 111 Å². The summed E-state index contributed by atoms with van der Waals surface area (Å²) >= 11 is 0. The van der Waals surface area contributed by atoms with Crippen LogP contribution in [0.2, 0.25) is 0 Å². The molecule has 6 heteroatoms. The summed E-state index contributed by atoms with van der Waals surface area (Å²) in [6.45, 7) is 2.87. The van der Waals surface area contributed by atoms with Gasteiger partial charge in [-0.2, -0.15) is 0 Å². The Morgan fingerprint density at radius 1 is 1.53 bits per heavy atom. The van der Waals surface area contributed by atoms with Gasteiger partial charge < -0.3 is 14.9 Å². The summed E-state index contributed by atoms with van der Waals surface area (Å²) in [7, 11) is 0. The summed E-state index contributed by atoms with van der Waals surface area (Å²) in [6, 6.07) is 5.95. The smallest absolute Gasteiger partial charge is 0.137 e. The fourth-order valence-corrected chi connectivity index (χ4v) is 2.33. The van der Waals surface area contributed by atoms with E-state index in [4.69, 9.17) is 15.9 Å². The van der Waals surface area contributed by atoms with Gasteiger partial charge in [0.25, 0.3) is 0 Å². The van der Waals surface area contributed by atoms with Crippen LogP contribution in [0.3, 0.4) is 0 Å². The molecule has 3 rings (SSSR count). The largest absolute Gasteiger partial charge is 0.385 e. The maximum absolute atomic E-state index is 7.45. The minimum atomic E-state index is -0.286. The van der Waals surface area contributed by atoms with Crippen molar-refractivity contribution in [2.45, 2.75) is 12.6 Å². The van der Waals surface area contributed by atoms with E-state index >= 15 is 0 Å². The van der Waals surface area contributed by atoms with Gasteiger partial charge in [0.05, 0.1) is 12.3 Å². The standard InChI is InChI=1S/C13H17N5O/c14-13(15)11-9-17(5-6-19-11)7-10-8-18-4-2-1-3-12(18)16-10/h1-4,8,11H,5-7,9H2,(H3,14,15). The summed E-state index contributed by atoms with van der Waals surface area (Å²) < 4.78 is 7.46. The average molecular weight is 259 g/mol. The average Bonchev–Trinajstić information content (AvgIpc) is 2.81. The minimum absolute atomic E-state index is 0.0969. The van der Waals surface area contributed by atoms with Gasteiger partial charge >= 0.3 is 0 Å². The van der Waals surface area contributed by atoms with Gasteiger partial charge in [-0.1, -0.05) is 6.07 Å². The lowest BCUT2D eigenvalue weighted by molar-refractivity contribution is 0.00197. The third-order valence-corrected chi connectivity index (χ3v) is 3.30. The normalized spacial score (nSPS) is 20.7. The fourth-order valence-electron chi connectivity index (χ4n) is 2.33. The summed E-state index contributed by atoms with van der Waals surface area (Å²) in [6.07, 6.45) is 3.74. The maximum atomic E-state index is 7.45. The van der Waals surface area contributed by atoms with E-state index in [0.717, 1.165) is 24.4 Å². The van der Waals surface area contributed by atoms with Gasteiger partial charge in [-0.15, -0.1) is 0 Å². The molecule has 1 saturated heterocycles. The Balaban J connectivity index is 1.72. The number of morpholine rings is 1. The molecule has 0 bridgehead atoms. The number of nitrogens with one attached hydrogen (secondary N) is 1. The van der Waals surface area contributed by atoms with E-state index in [-0.39, 0.29) is 11.9 Å². The molecule has 1 aliphatic heterocycles. The van der Waals surface area contributed by atoms with Crippen LogP contribution in [0.5, 0.6) is 0 Å². The van der Waals surface area contributed by atoms with Crippen molar-refractivity contribution in [3.8, 4) is 0 Å². The lowest BCUT2D eigenvalue weighted by Crippen LogP contribution is -2.47. The van der Waals surface area contributed by atoms with Gasteiger partial charge in [0, 0.05) is 32.0 Å². The lowest BCUT2D eigenvalue weighted by Gasteiger charge is -2.31. The van der Waals surface area contributed by atoms with Crippen LogP contribution in [0.4, 0.5) is 0 Å². The molecular weight excluding hydrogens is 242 g/mol. The Hall–Kier alpha value is -1.92. The van der Waals surface area contributed by atoms with Crippen molar-refractivity contribution < 1.29 is 4.74 Å². The molecule has 0 aromatic carbocycles. The monoisotopic (exact) mass is 259 g/mol. The second-order valence-corrected chi connectivity index (χ2v) is 4.75. The summed E-state index contributed by atoms with van der Waals surface area (Å²) in [5.41, 5.74) is 7.47. The lowest BCUT2D eigenvalue weighted by atomic mass is 10.2. The molecule has 0 amide bonds. The first kappa shape index (κ1) is 12.1. The number of aromatic nitrogens is 2. The predicted molar refractivity (Wildman–Crippen MR) is 72.1 cm³/mol. The third-order valence-electron chi connectivity index (χ3n) is 3.30. The van der Waals surface area contributed by atoms with E-state index in [1.165, 1.54) is 0 Å². The Bertz CT molecular complexity index is 560. The van der Waals surface area contributed by atoms with Crippen molar-refractivity contribution in [3.63, 3.8) is 0 Å². The fraction of sp³-hybridized carbons (Fsp3) is 0.385. The molecule has 0 radical (unpaired) electrons. The van der Waals surface area contributed by atoms with Crippen molar-refractivity contribution >= 4 is 11.5 Å². The highest BCUT2D eigenvalue weighted by atomic mass is 16.5.